The van der Waals surface area contributed by atoms with Crippen molar-refractivity contribution in [2.75, 3.05) is 23.7 Å². The number of unbranched alkanes of at least 4 members (excludes halogenated alkanes) is 2. The van der Waals surface area contributed by atoms with E-state index in [1.807, 2.05) is 24.3 Å². The van der Waals surface area contributed by atoms with E-state index in [-0.39, 0.29) is 0 Å². The van der Waals surface area contributed by atoms with Crippen LogP contribution in [-0.4, -0.2) is 24.0 Å². The van der Waals surface area contributed by atoms with E-state index in [1.54, 1.807) is 31.2 Å². The van der Waals surface area contributed by atoms with Crippen LogP contribution in [0.5, 0.6) is 5.75 Å². The molecule has 0 saturated carbocycles. The lowest BCUT2D eigenvalue weighted by atomic mass is 10.1. The van der Waals surface area contributed by atoms with Crippen molar-refractivity contribution in [1.82, 2.24) is 4.98 Å². The monoisotopic (exact) mass is 485 g/mol. The quantitative estimate of drug-likeness (QED) is 0.0840. The number of pyridine rings is 1. The molecule has 0 radical (unpaired) electrons. The van der Waals surface area contributed by atoms with Crippen LogP contribution >= 0.6 is 0 Å². The highest BCUT2D eigenvalue weighted by molar-refractivity contribution is 5.88. The van der Waals surface area contributed by atoms with Crippen molar-refractivity contribution in [3.05, 3.63) is 72.8 Å². The molecule has 1 heterocycles. The van der Waals surface area contributed by atoms with Crippen molar-refractivity contribution in [3.63, 3.8) is 0 Å². The number of nitrogens with one attached hydrogen (secondary N) is 2. The third kappa shape index (κ3) is 8.34. The molecule has 36 heavy (non-hydrogen) atoms. The lowest BCUT2D eigenvalue weighted by molar-refractivity contribution is -0.130. The van der Waals surface area contributed by atoms with Crippen LogP contribution in [0.25, 0.3) is 11.1 Å². The number of hydrogen-bond donors (Lipinski definition) is 2. The van der Waals surface area contributed by atoms with Crippen molar-refractivity contribution in [1.29, 1.82) is 0 Å². The van der Waals surface area contributed by atoms with E-state index in [4.69, 9.17) is 9.72 Å². The van der Waals surface area contributed by atoms with E-state index in [1.165, 1.54) is 0 Å². The Bertz CT molecular complexity index is 1140. The number of benzene rings is 2. The largest absolute Gasteiger partial charge is 0.423 e. The van der Waals surface area contributed by atoms with Crippen LogP contribution in [0.1, 0.15) is 46.5 Å². The third-order valence-corrected chi connectivity index (χ3v) is 5.38. The first-order valence-electron chi connectivity index (χ1n) is 12.5. The van der Waals surface area contributed by atoms with Gasteiger partial charge in [0.1, 0.15) is 17.4 Å². The smallest absolute Gasteiger partial charge is 0.338 e. The summed E-state index contributed by atoms with van der Waals surface area (Å²) in [5.74, 6) is 1.74. The number of azo groups is 1. The molecule has 188 valence electrons. The van der Waals surface area contributed by atoms with Crippen LogP contribution in [0.15, 0.2) is 83.0 Å². The van der Waals surface area contributed by atoms with Crippen LogP contribution in [0.2, 0.25) is 0 Å². The Morgan fingerprint density at radius 3 is 1.81 bits per heavy atom. The maximum Gasteiger partial charge on any atom is 0.338 e. The molecule has 3 rings (SSSR count). The van der Waals surface area contributed by atoms with Gasteiger partial charge < -0.3 is 15.4 Å². The standard InChI is InChI=1S/C29H35N5O2/c1-5-7-17-30-27-19-23(20-28(32-27)31-18-8-6-2)22-9-11-24(12-10-22)33-34-25-13-15-26(16-14-25)36-29(35)21(3)4/h9-16,19-20H,3,5-8,17-18H2,1-2,4H3,(H2,30,31,32). The van der Waals surface area contributed by atoms with Crippen molar-refractivity contribution >= 4 is 29.0 Å². The molecular formula is C29H35N5O2. The molecule has 0 bridgehead atoms. The van der Waals surface area contributed by atoms with Gasteiger partial charge in [-0.3, -0.25) is 0 Å². The summed E-state index contributed by atoms with van der Waals surface area (Å²) in [4.78, 5) is 16.3. The average molecular weight is 486 g/mol. The molecule has 2 N–H and O–H groups in total. The second kappa shape index (κ2) is 13.8. The zero-order valence-corrected chi connectivity index (χ0v) is 21.4. The van der Waals surface area contributed by atoms with Gasteiger partial charge in [0.2, 0.25) is 0 Å². The van der Waals surface area contributed by atoms with Crippen LogP contribution in [0.3, 0.4) is 0 Å². The molecule has 0 amide bonds. The van der Waals surface area contributed by atoms with Gasteiger partial charge in [0.05, 0.1) is 11.4 Å². The molecule has 0 aliphatic rings. The Labute approximate surface area is 213 Å². The molecule has 0 unspecified atom stereocenters. The first kappa shape index (κ1) is 26.6. The summed E-state index contributed by atoms with van der Waals surface area (Å²) in [5.41, 5.74) is 3.92. The summed E-state index contributed by atoms with van der Waals surface area (Å²) in [5, 5.41) is 15.5. The van der Waals surface area contributed by atoms with Gasteiger partial charge in [-0.1, -0.05) is 45.4 Å². The minimum Gasteiger partial charge on any atom is -0.423 e. The molecule has 2 aromatic carbocycles. The van der Waals surface area contributed by atoms with E-state index in [0.717, 1.165) is 67.2 Å². The SMILES string of the molecule is C=C(C)C(=O)Oc1ccc(N=Nc2ccc(-c3cc(NCCCC)nc(NCCCC)c3)cc2)cc1. The van der Waals surface area contributed by atoms with E-state index in [9.17, 15) is 4.79 Å². The topological polar surface area (TPSA) is 88.0 Å². The maximum atomic E-state index is 11.6. The summed E-state index contributed by atoms with van der Waals surface area (Å²) >= 11 is 0. The highest BCUT2D eigenvalue weighted by Gasteiger charge is 2.07. The molecule has 7 nitrogen and oxygen atoms in total. The molecule has 3 aromatic rings. The fraction of sp³-hybridized carbons (Fsp3) is 0.310. The zero-order chi connectivity index (χ0) is 25.8. The minimum absolute atomic E-state index is 0.349. The number of carbonyl (C=O) groups excluding carboxylic acids is 1. The summed E-state index contributed by atoms with van der Waals surface area (Å²) in [6, 6.07) is 19.0. The summed E-state index contributed by atoms with van der Waals surface area (Å²) in [6.45, 7) is 11.3. The molecule has 0 aliphatic carbocycles. The Hall–Kier alpha value is -4.00. The fourth-order valence-corrected chi connectivity index (χ4v) is 3.28. The minimum atomic E-state index is -0.452. The van der Waals surface area contributed by atoms with Gasteiger partial charge in [0.15, 0.2) is 0 Å². The average Bonchev–Trinajstić information content (AvgIpc) is 2.89. The molecule has 0 aliphatic heterocycles. The zero-order valence-electron chi connectivity index (χ0n) is 21.4. The van der Waals surface area contributed by atoms with E-state index in [2.05, 4.69) is 53.4 Å². The van der Waals surface area contributed by atoms with Gasteiger partial charge >= 0.3 is 5.97 Å². The van der Waals surface area contributed by atoms with Crippen molar-refractivity contribution in [2.45, 2.75) is 46.5 Å². The van der Waals surface area contributed by atoms with Crippen LogP contribution in [0.4, 0.5) is 23.0 Å². The number of anilines is 2. The third-order valence-electron chi connectivity index (χ3n) is 5.38. The Balaban J connectivity index is 1.70. The summed E-state index contributed by atoms with van der Waals surface area (Å²) < 4.78 is 5.20. The number of rotatable bonds is 13. The lowest BCUT2D eigenvalue weighted by Crippen LogP contribution is -2.07. The molecular weight excluding hydrogens is 450 g/mol. The maximum absolute atomic E-state index is 11.6. The molecule has 7 heteroatoms. The molecule has 0 fully saturated rings. The molecule has 1 aromatic heterocycles. The molecule has 0 saturated heterocycles. The van der Waals surface area contributed by atoms with E-state index < -0.39 is 5.97 Å². The highest BCUT2D eigenvalue weighted by atomic mass is 16.5. The molecule has 0 spiro atoms. The number of hydrogen-bond acceptors (Lipinski definition) is 7. The lowest BCUT2D eigenvalue weighted by Gasteiger charge is -2.12. The van der Waals surface area contributed by atoms with Crippen LogP contribution in [0, 0.1) is 0 Å². The normalized spacial score (nSPS) is 10.9. The van der Waals surface area contributed by atoms with E-state index >= 15 is 0 Å². The van der Waals surface area contributed by atoms with Crippen molar-refractivity contribution in [3.8, 4) is 16.9 Å². The van der Waals surface area contributed by atoms with Crippen molar-refractivity contribution in [2.24, 2.45) is 10.2 Å². The van der Waals surface area contributed by atoms with Gasteiger partial charge in [-0.2, -0.15) is 10.2 Å². The van der Waals surface area contributed by atoms with Crippen LogP contribution in [-0.2, 0) is 4.79 Å². The Morgan fingerprint density at radius 1 is 0.833 bits per heavy atom. The second-order valence-corrected chi connectivity index (χ2v) is 8.60. The Morgan fingerprint density at radius 2 is 1.33 bits per heavy atom. The number of ether oxygens (including phenoxy) is 1. The number of esters is 1. The van der Waals surface area contributed by atoms with Gasteiger partial charge in [-0.25, -0.2) is 9.78 Å². The van der Waals surface area contributed by atoms with Gasteiger partial charge in [-0.15, -0.1) is 0 Å². The number of nitrogens with zero attached hydrogens (tertiary/aromatic N) is 3. The van der Waals surface area contributed by atoms with Crippen molar-refractivity contribution < 1.29 is 9.53 Å². The summed E-state index contributed by atoms with van der Waals surface area (Å²) in [7, 11) is 0. The van der Waals surface area contributed by atoms with Gasteiger partial charge in [0.25, 0.3) is 0 Å². The number of carbonyl (C=O) groups is 1. The second-order valence-electron chi connectivity index (χ2n) is 8.60. The van der Waals surface area contributed by atoms with Gasteiger partial charge in [0, 0.05) is 18.7 Å². The predicted octanol–water partition coefficient (Wildman–Crippen LogP) is 8.07. The number of aromatic nitrogens is 1. The van der Waals surface area contributed by atoms with Crippen LogP contribution < -0.4 is 15.4 Å². The van der Waals surface area contributed by atoms with E-state index in [0.29, 0.717) is 17.0 Å². The summed E-state index contributed by atoms with van der Waals surface area (Å²) in [6.07, 6.45) is 4.48. The first-order valence-corrected chi connectivity index (χ1v) is 12.5. The highest BCUT2D eigenvalue weighted by Crippen LogP contribution is 2.28. The fourth-order valence-electron chi connectivity index (χ4n) is 3.28. The van der Waals surface area contributed by atoms with Gasteiger partial charge in [-0.05, 0) is 79.4 Å². The first-order chi connectivity index (χ1) is 17.5. The molecule has 0 atom stereocenters. The predicted molar refractivity (Wildman–Crippen MR) is 148 cm³/mol. The Kier molecular flexibility index (Phi) is 10.2.